The quantitative estimate of drug-likeness (QED) is 0.553. The molecular formula is C25H22ClN3O3. The second kappa shape index (κ2) is 7.97. The lowest BCUT2D eigenvalue weighted by Gasteiger charge is -2.29. The van der Waals surface area contributed by atoms with Crippen molar-refractivity contribution in [3.8, 4) is 0 Å². The topological polar surface area (TPSA) is 53.1 Å². The van der Waals surface area contributed by atoms with Gasteiger partial charge in [0.05, 0.1) is 17.4 Å². The Balaban J connectivity index is 1.56. The van der Waals surface area contributed by atoms with Crippen LogP contribution < -0.4 is 14.9 Å². The van der Waals surface area contributed by atoms with E-state index in [0.29, 0.717) is 10.7 Å². The number of rotatable bonds is 4. The zero-order chi connectivity index (χ0) is 22.4. The molecule has 0 N–H and O–H groups in total. The number of amides is 2. The third-order valence-electron chi connectivity index (χ3n) is 5.96. The number of benzene rings is 3. The summed E-state index contributed by atoms with van der Waals surface area (Å²) in [6.07, 6.45) is -0.892. The molecule has 0 saturated carbocycles. The first-order chi connectivity index (χ1) is 15.5. The molecule has 3 aromatic carbocycles. The Hall–Kier alpha value is -3.35. The maximum Gasteiger partial charge on any atom is 0.266 e. The van der Waals surface area contributed by atoms with E-state index in [0.717, 1.165) is 16.9 Å². The predicted molar refractivity (Wildman–Crippen MR) is 125 cm³/mol. The zero-order valence-electron chi connectivity index (χ0n) is 17.7. The van der Waals surface area contributed by atoms with Gasteiger partial charge in [-0.05, 0) is 54.1 Å². The number of fused-ring (bicyclic) bond motifs is 1. The van der Waals surface area contributed by atoms with E-state index < -0.39 is 18.1 Å². The molecule has 2 saturated heterocycles. The van der Waals surface area contributed by atoms with Crippen molar-refractivity contribution in [2.24, 2.45) is 5.92 Å². The highest BCUT2D eigenvalue weighted by molar-refractivity contribution is 6.31. The lowest BCUT2D eigenvalue weighted by molar-refractivity contribution is -0.126. The Bertz CT molecular complexity index is 1150. The highest BCUT2D eigenvalue weighted by Gasteiger charge is 2.60. The summed E-state index contributed by atoms with van der Waals surface area (Å²) in [5.41, 5.74) is 3.25. The van der Waals surface area contributed by atoms with Crippen LogP contribution in [0.15, 0.2) is 78.9 Å². The molecule has 7 heteroatoms. The first-order valence-corrected chi connectivity index (χ1v) is 10.8. The maximum atomic E-state index is 13.6. The van der Waals surface area contributed by atoms with E-state index in [-0.39, 0.29) is 11.8 Å². The summed E-state index contributed by atoms with van der Waals surface area (Å²) in [5.74, 6) is -1.30. The minimum atomic E-state index is -0.892. The molecule has 0 aliphatic carbocycles. The van der Waals surface area contributed by atoms with Gasteiger partial charge in [0.25, 0.3) is 5.91 Å². The summed E-state index contributed by atoms with van der Waals surface area (Å²) >= 11 is 5.99. The van der Waals surface area contributed by atoms with Crippen molar-refractivity contribution in [2.45, 2.75) is 12.1 Å². The standard InChI is InChI=1S/C25H22ClN3O3/c1-27(2)18-12-8-16(9-13-18)22-21-23(32-29(22)20-6-4-3-5-7-20)25(31)28(24(21)30)19-14-10-17(26)11-15-19/h3-15,21-23H,1-2H3/t21-,22-,23+/m1/s1. The highest BCUT2D eigenvalue weighted by atomic mass is 35.5. The van der Waals surface area contributed by atoms with Gasteiger partial charge >= 0.3 is 0 Å². The number of carbonyl (C=O) groups is 2. The van der Waals surface area contributed by atoms with Gasteiger partial charge in [-0.1, -0.05) is 41.9 Å². The molecule has 2 fully saturated rings. The molecule has 2 aliphatic heterocycles. The van der Waals surface area contributed by atoms with Gasteiger partial charge in [-0.3, -0.25) is 14.4 Å². The molecule has 6 nitrogen and oxygen atoms in total. The van der Waals surface area contributed by atoms with E-state index in [1.54, 1.807) is 29.3 Å². The fraction of sp³-hybridized carbons (Fsp3) is 0.200. The SMILES string of the molecule is CN(C)c1ccc([C@@H]2[C@H]3C(=O)N(c4ccc(Cl)cc4)C(=O)[C@H]3ON2c2ccccc2)cc1. The fourth-order valence-electron chi connectivity index (χ4n) is 4.37. The number of hydrogen-bond donors (Lipinski definition) is 0. The average Bonchev–Trinajstić information content (AvgIpc) is 3.31. The predicted octanol–water partition coefficient (Wildman–Crippen LogP) is 4.46. The summed E-state index contributed by atoms with van der Waals surface area (Å²) < 4.78 is 0. The summed E-state index contributed by atoms with van der Waals surface area (Å²) in [5, 5.41) is 2.24. The van der Waals surface area contributed by atoms with Gasteiger partial charge in [0, 0.05) is 24.8 Å². The van der Waals surface area contributed by atoms with Crippen LogP contribution in [0.25, 0.3) is 0 Å². The van der Waals surface area contributed by atoms with Crippen LogP contribution in [0.5, 0.6) is 0 Å². The zero-order valence-corrected chi connectivity index (χ0v) is 18.4. The number of halogens is 1. The number of hydrogen-bond acceptors (Lipinski definition) is 5. The number of anilines is 3. The number of hydroxylamine groups is 1. The lowest BCUT2D eigenvalue weighted by Crippen LogP contribution is -2.37. The van der Waals surface area contributed by atoms with Gasteiger partial charge in [-0.2, -0.15) is 0 Å². The van der Waals surface area contributed by atoms with E-state index in [4.69, 9.17) is 16.4 Å². The molecule has 0 spiro atoms. The Kier molecular flexibility index (Phi) is 5.12. The second-order valence-electron chi connectivity index (χ2n) is 8.13. The van der Waals surface area contributed by atoms with Gasteiger partial charge < -0.3 is 4.90 Å². The van der Waals surface area contributed by atoms with E-state index in [9.17, 15) is 9.59 Å². The molecular weight excluding hydrogens is 426 g/mol. The van der Waals surface area contributed by atoms with Gasteiger partial charge in [0.2, 0.25) is 5.91 Å². The molecule has 0 unspecified atom stereocenters. The van der Waals surface area contributed by atoms with Crippen molar-refractivity contribution in [3.05, 3.63) is 89.4 Å². The number of carbonyl (C=O) groups excluding carboxylic acids is 2. The van der Waals surface area contributed by atoms with Crippen molar-refractivity contribution >= 4 is 40.5 Å². The molecule has 2 heterocycles. The Morgan fingerprint density at radius 2 is 1.47 bits per heavy atom. The molecule has 32 heavy (non-hydrogen) atoms. The van der Waals surface area contributed by atoms with Crippen LogP contribution >= 0.6 is 11.6 Å². The van der Waals surface area contributed by atoms with Gasteiger partial charge in [-0.25, -0.2) is 9.96 Å². The summed E-state index contributed by atoms with van der Waals surface area (Å²) in [4.78, 5) is 36.3. The van der Waals surface area contributed by atoms with E-state index in [1.807, 2.05) is 73.6 Å². The summed E-state index contributed by atoms with van der Waals surface area (Å²) in [6.45, 7) is 0. The van der Waals surface area contributed by atoms with Crippen LogP contribution in [0.2, 0.25) is 5.02 Å². The molecule has 2 amide bonds. The molecule has 3 aromatic rings. The van der Waals surface area contributed by atoms with Crippen molar-refractivity contribution in [3.63, 3.8) is 0 Å². The van der Waals surface area contributed by atoms with Gasteiger partial charge in [0.1, 0.15) is 5.92 Å². The molecule has 0 aromatic heterocycles. The highest BCUT2D eigenvalue weighted by Crippen LogP contribution is 2.47. The largest absolute Gasteiger partial charge is 0.378 e. The van der Waals surface area contributed by atoms with E-state index >= 15 is 0 Å². The number of nitrogens with zero attached hydrogens (tertiary/aromatic N) is 3. The van der Waals surface area contributed by atoms with Crippen LogP contribution in [-0.4, -0.2) is 32.0 Å². The minimum absolute atomic E-state index is 0.276. The Labute approximate surface area is 191 Å². The maximum absolute atomic E-state index is 13.6. The van der Waals surface area contributed by atoms with E-state index in [2.05, 4.69) is 0 Å². The van der Waals surface area contributed by atoms with Gasteiger partial charge in [-0.15, -0.1) is 0 Å². The Morgan fingerprint density at radius 3 is 2.09 bits per heavy atom. The van der Waals surface area contributed by atoms with Crippen LogP contribution in [0, 0.1) is 5.92 Å². The van der Waals surface area contributed by atoms with Crippen LogP contribution in [-0.2, 0) is 14.4 Å². The first kappa shape index (κ1) is 20.5. The van der Waals surface area contributed by atoms with Crippen molar-refractivity contribution in [1.29, 1.82) is 0 Å². The van der Waals surface area contributed by atoms with Crippen molar-refractivity contribution in [1.82, 2.24) is 0 Å². The molecule has 0 bridgehead atoms. The van der Waals surface area contributed by atoms with Crippen molar-refractivity contribution in [2.75, 3.05) is 29.0 Å². The molecule has 2 aliphatic rings. The molecule has 3 atom stereocenters. The first-order valence-electron chi connectivity index (χ1n) is 10.4. The van der Waals surface area contributed by atoms with E-state index in [1.165, 1.54) is 4.90 Å². The molecule has 162 valence electrons. The van der Waals surface area contributed by atoms with Crippen molar-refractivity contribution < 1.29 is 14.4 Å². The number of imide groups is 1. The van der Waals surface area contributed by atoms with Crippen LogP contribution in [0.1, 0.15) is 11.6 Å². The second-order valence-corrected chi connectivity index (χ2v) is 8.57. The number of para-hydroxylation sites is 1. The third kappa shape index (κ3) is 3.32. The third-order valence-corrected chi connectivity index (χ3v) is 6.21. The summed E-state index contributed by atoms with van der Waals surface area (Å²) in [7, 11) is 3.95. The average molecular weight is 448 g/mol. The van der Waals surface area contributed by atoms with Crippen LogP contribution in [0.4, 0.5) is 17.1 Å². The normalized spacial score (nSPS) is 22.4. The van der Waals surface area contributed by atoms with Gasteiger partial charge in [0.15, 0.2) is 6.10 Å². The Morgan fingerprint density at radius 1 is 0.812 bits per heavy atom. The molecule has 0 radical (unpaired) electrons. The minimum Gasteiger partial charge on any atom is -0.378 e. The fourth-order valence-corrected chi connectivity index (χ4v) is 4.49. The summed E-state index contributed by atoms with van der Waals surface area (Å²) in [6, 6.07) is 23.8. The monoisotopic (exact) mass is 447 g/mol. The van der Waals surface area contributed by atoms with Crippen LogP contribution in [0.3, 0.4) is 0 Å². The lowest BCUT2D eigenvalue weighted by atomic mass is 9.90. The molecule has 5 rings (SSSR count). The smallest absolute Gasteiger partial charge is 0.266 e.